The monoisotopic (exact) mass is 353 g/mol. The second-order valence-electron chi connectivity index (χ2n) is 5.43. The summed E-state index contributed by atoms with van der Waals surface area (Å²) in [7, 11) is -0.0235. The van der Waals surface area contributed by atoms with Gasteiger partial charge in [-0.25, -0.2) is 8.78 Å². The lowest BCUT2D eigenvalue weighted by Crippen LogP contribution is -2.40. The molecule has 1 atom stereocenters. The topological polar surface area (TPSA) is 71.4 Å². The Bertz CT molecular complexity index is 688. The van der Waals surface area contributed by atoms with Crippen LogP contribution in [0.2, 0.25) is 0 Å². The van der Waals surface area contributed by atoms with E-state index in [1.165, 1.54) is 11.9 Å². The Morgan fingerprint density at radius 2 is 1.88 bits per heavy atom. The number of nitrogens with zero attached hydrogens (tertiary/aromatic N) is 1. The van der Waals surface area contributed by atoms with Gasteiger partial charge in [0.05, 0.1) is 24.0 Å². The standard InChI is InChI=1S/C16H18BF2NO5/c1-4-5-10(2)23-16-12(6-11(18)7-13(16)19)17-24-14(21)8-20(3)9-15(22)25-17/h4,6-10,21-22H,1,5H2,2-3H3/b14-8-,15-9-/t10-/m0/s1. The zero-order valence-electron chi connectivity index (χ0n) is 13.8. The molecule has 0 bridgehead atoms. The second-order valence-corrected chi connectivity index (χ2v) is 5.43. The first-order valence-electron chi connectivity index (χ1n) is 7.43. The van der Waals surface area contributed by atoms with Crippen LogP contribution in [0, 0.1) is 11.6 Å². The largest absolute Gasteiger partial charge is 0.640 e. The molecule has 0 saturated carbocycles. The van der Waals surface area contributed by atoms with Gasteiger partial charge in [-0.15, -0.1) is 6.58 Å². The van der Waals surface area contributed by atoms with Gasteiger partial charge in [0.25, 0.3) is 11.9 Å². The summed E-state index contributed by atoms with van der Waals surface area (Å²) in [6, 6.07) is 1.59. The summed E-state index contributed by atoms with van der Waals surface area (Å²) in [6.45, 7) is 5.25. The SMILES string of the molecule is C=CC[C@H](C)Oc1c(F)cc(F)cc1B1O/C(O)=C\N(C)/C=C(/O)O1. The molecule has 2 rings (SSSR count). The van der Waals surface area contributed by atoms with E-state index in [0.717, 1.165) is 18.5 Å². The number of hydrogen-bond acceptors (Lipinski definition) is 6. The highest BCUT2D eigenvalue weighted by Gasteiger charge is 2.35. The minimum absolute atomic E-state index is 0.169. The number of aliphatic hydroxyl groups excluding tert-OH is 2. The van der Waals surface area contributed by atoms with Crippen LogP contribution >= 0.6 is 0 Å². The van der Waals surface area contributed by atoms with Gasteiger partial charge in [0, 0.05) is 19.5 Å². The molecule has 0 fully saturated rings. The third-order valence-electron chi connectivity index (χ3n) is 3.19. The molecule has 6 nitrogen and oxygen atoms in total. The molecule has 2 N–H and O–H groups in total. The Balaban J connectivity index is 2.44. The van der Waals surface area contributed by atoms with Gasteiger partial charge in [-0.05, 0) is 13.0 Å². The van der Waals surface area contributed by atoms with Crippen molar-refractivity contribution in [3.8, 4) is 5.75 Å². The first-order valence-corrected chi connectivity index (χ1v) is 7.43. The predicted octanol–water partition coefficient (Wildman–Crippen LogP) is 2.70. The number of rotatable bonds is 5. The highest BCUT2D eigenvalue weighted by molar-refractivity contribution is 6.62. The van der Waals surface area contributed by atoms with Crippen molar-refractivity contribution in [1.82, 2.24) is 4.90 Å². The van der Waals surface area contributed by atoms with Gasteiger partial charge in [0.1, 0.15) is 5.82 Å². The predicted molar refractivity (Wildman–Crippen MR) is 88.0 cm³/mol. The number of benzene rings is 1. The lowest BCUT2D eigenvalue weighted by Gasteiger charge is -2.23. The first kappa shape index (κ1) is 18.5. The van der Waals surface area contributed by atoms with E-state index in [0.29, 0.717) is 12.5 Å². The molecular weight excluding hydrogens is 335 g/mol. The van der Waals surface area contributed by atoms with Crippen molar-refractivity contribution in [3.05, 3.63) is 60.7 Å². The van der Waals surface area contributed by atoms with Crippen LogP contribution in [0.4, 0.5) is 8.78 Å². The maximum atomic E-state index is 14.2. The number of ether oxygens (including phenoxy) is 1. The first-order chi connectivity index (χ1) is 11.8. The molecule has 1 aliphatic rings. The van der Waals surface area contributed by atoms with Gasteiger partial charge in [0.15, 0.2) is 11.6 Å². The van der Waals surface area contributed by atoms with E-state index in [1.54, 1.807) is 13.0 Å². The van der Waals surface area contributed by atoms with Crippen molar-refractivity contribution in [3.63, 3.8) is 0 Å². The average Bonchev–Trinajstić information content (AvgIpc) is 2.47. The van der Waals surface area contributed by atoms with Gasteiger partial charge in [-0.2, -0.15) is 0 Å². The highest BCUT2D eigenvalue weighted by atomic mass is 19.1. The van der Waals surface area contributed by atoms with E-state index < -0.39 is 36.7 Å². The van der Waals surface area contributed by atoms with Crippen LogP contribution < -0.4 is 10.2 Å². The smallest absolute Gasteiger partial charge is 0.494 e. The molecule has 1 aliphatic heterocycles. The fraction of sp³-hybridized carbons (Fsp3) is 0.250. The van der Waals surface area contributed by atoms with Crippen LogP contribution in [-0.2, 0) is 9.31 Å². The van der Waals surface area contributed by atoms with Crippen LogP contribution in [0.25, 0.3) is 0 Å². The summed E-state index contributed by atoms with van der Waals surface area (Å²) in [4.78, 5) is 1.27. The second kappa shape index (κ2) is 7.82. The number of halogens is 2. The zero-order valence-corrected chi connectivity index (χ0v) is 13.8. The summed E-state index contributed by atoms with van der Waals surface area (Å²) in [6.07, 6.45) is 3.84. The van der Waals surface area contributed by atoms with Gasteiger partial charge < -0.3 is 29.2 Å². The Morgan fingerprint density at radius 1 is 1.28 bits per heavy atom. The minimum Gasteiger partial charge on any atom is -0.494 e. The Kier molecular flexibility index (Phi) is 5.79. The molecular formula is C16H18BF2NO5. The molecule has 0 unspecified atom stereocenters. The molecule has 0 spiro atoms. The van der Waals surface area contributed by atoms with E-state index >= 15 is 0 Å². The maximum absolute atomic E-state index is 14.2. The van der Waals surface area contributed by atoms with Crippen molar-refractivity contribution in [2.45, 2.75) is 19.4 Å². The summed E-state index contributed by atoms with van der Waals surface area (Å²) < 4.78 is 43.7. The Labute approximate surface area is 144 Å². The van der Waals surface area contributed by atoms with Crippen LogP contribution in [-0.4, -0.2) is 35.4 Å². The quantitative estimate of drug-likeness (QED) is 0.627. The fourth-order valence-electron chi connectivity index (χ4n) is 2.18. The van der Waals surface area contributed by atoms with Crippen LogP contribution in [0.15, 0.2) is 49.1 Å². The van der Waals surface area contributed by atoms with E-state index in [1.807, 2.05) is 0 Å². The van der Waals surface area contributed by atoms with Gasteiger partial charge in [-0.3, -0.25) is 0 Å². The van der Waals surface area contributed by atoms with Crippen LogP contribution in [0.3, 0.4) is 0 Å². The van der Waals surface area contributed by atoms with Crippen molar-refractivity contribution < 1.29 is 33.0 Å². The summed E-state index contributed by atoms with van der Waals surface area (Å²) >= 11 is 0. The van der Waals surface area contributed by atoms with Crippen molar-refractivity contribution in [2.24, 2.45) is 0 Å². The van der Waals surface area contributed by atoms with Gasteiger partial charge in [0.2, 0.25) is 0 Å². The third kappa shape index (κ3) is 4.82. The number of aliphatic hydroxyl groups is 2. The lowest BCUT2D eigenvalue weighted by atomic mass is 9.77. The van der Waals surface area contributed by atoms with Gasteiger partial charge >= 0.3 is 7.12 Å². The molecule has 25 heavy (non-hydrogen) atoms. The van der Waals surface area contributed by atoms with E-state index in [9.17, 15) is 19.0 Å². The van der Waals surface area contributed by atoms with E-state index in [-0.39, 0.29) is 11.2 Å². The molecule has 134 valence electrons. The van der Waals surface area contributed by atoms with Gasteiger partial charge in [-0.1, -0.05) is 6.08 Å². The van der Waals surface area contributed by atoms with Crippen molar-refractivity contribution >= 4 is 12.6 Å². The molecule has 0 saturated heterocycles. The van der Waals surface area contributed by atoms with Crippen molar-refractivity contribution in [2.75, 3.05) is 7.05 Å². The lowest BCUT2D eigenvalue weighted by molar-refractivity contribution is 0.124. The maximum Gasteiger partial charge on any atom is 0.640 e. The number of hydrogen-bond donors (Lipinski definition) is 2. The Hall–Kier alpha value is -2.84. The fourth-order valence-corrected chi connectivity index (χ4v) is 2.18. The average molecular weight is 353 g/mol. The van der Waals surface area contributed by atoms with Crippen LogP contribution in [0.1, 0.15) is 13.3 Å². The summed E-state index contributed by atoms with van der Waals surface area (Å²) in [5.74, 6) is -3.33. The molecule has 9 heteroatoms. The Morgan fingerprint density at radius 3 is 2.44 bits per heavy atom. The van der Waals surface area contributed by atoms with Crippen LogP contribution in [0.5, 0.6) is 5.75 Å². The molecule has 0 aliphatic carbocycles. The molecule has 0 radical (unpaired) electrons. The molecule has 0 amide bonds. The molecule has 1 aromatic rings. The summed E-state index contributed by atoms with van der Waals surface area (Å²) in [5.41, 5.74) is -0.169. The zero-order chi connectivity index (χ0) is 18.6. The highest BCUT2D eigenvalue weighted by Crippen LogP contribution is 2.21. The molecule has 1 aromatic carbocycles. The molecule has 0 aromatic heterocycles. The van der Waals surface area contributed by atoms with E-state index in [2.05, 4.69) is 6.58 Å². The minimum atomic E-state index is -1.53. The molecule has 1 heterocycles. The summed E-state index contributed by atoms with van der Waals surface area (Å²) in [5, 5.41) is 19.5. The normalized spacial score (nSPS) is 20.0. The van der Waals surface area contributed by atoms with E-state index in [4.69, 9.17) is 14.0 Å². The van der Waals surface area contributed by atoms with Crippen molar-refractivity contribution in [1.29, 1.82) is 0 Å². The third-order valence-corrected chi connectivity index (χ3v) is 3.19.